The molecule has 1 rings (SSSR count). The number of aryl methyl sites for hydroxylation is 1. The number of hydrogen-bond donors (Lipinski definition) is 2. The molecule has 0 bridgehead atoms. The van der Waals surface area contributed by atoms with E-state index >= 15 is 0 Å². The number of esters is 1. The Kier molecular flexibility index (Phi) is 6.84. The highest BCUT2D eigenvalue weighted by molar-refractivity contribution is 7.16. The molecule has 6 heteroatoms. The highest BCUT2D eigenvalue weighted by Crippen LogP contribution is 2.34. The zero-order valence-corrected chi connectivity index (χ0v) is 13.9. The van der Waals surface area contributed by atoms with Gasteiger partial charge in [-0.25, -0.2) is 4.79 Å². The van der Waals surface area contributed by atoms with Gasteiger partial charge in [-0.2, -0.15) is 0 Å². The topological polar surface area (TPSA) is 81.4 Å². The molecule has 5 nitrogen and oxygen atoms in total. The second kappa shape index (κ2) is 8.14. The van der Waals surface area contributed by atoms with Gasteiger partial charge in [-0.05, 0) is 32.3 Å². The summed E-state index contributed by atoms with van der Waals surface area (Å²) >= 11 is 1.40. The van der Waals surface area contributed by atoms with Crippen molar-refractivity contribution < 1.29 is 14.3 Å². The van der Waals surface area contributed by atoms with Gasteiger partial charge in [-0.1, -0.05) is 20.3 Å². The van der Waals surface area contributed by atoms with Crippen molar-refractivity contribution in [2.75, 3.05) is 11.9 Å². The Morgan fingerprint density at radius 2 is 2.00 bits per heavy atom. The van der Waals surface area contributed by atoms with Crippen molar-refractivity contribution in [1.82, 2.24) is 0 Å². The van der Waals surface area contributed by atoms with Gasteiger partial charge in [0.15, 0.2) is 0 Å². The first-order chi connectivity index (χ1) is 9.96. The molecule has 21 heavy (non-hydrogen) atoms. The molecule has 0 aliphatic rings. The molecule has 0 aromatic carbocycles. The first kappa shape index (κ1) is 17.7. The van der Waals surface area contributed by atoms with Gasteiger partial charge in [0.1, 0.15) is 5.00 Å². The summed E-state index contributed by atoms with van der Waals surface area (Å²) in [7, 11) is 0. The molecule has 0 aliphatic carbocycles. The van der Waals surface area contributed by atoms with E-state index in [2.05, 4.69) is 5.32 Å². The van der Waals surface area contributed by atoms with Gasteiger partial charge in [-0.3, -0.25) is 4.79 Å². The summed E-state index contributed by atoms with van der Waals surface area (Å²) in [6.45, 7) is 7.96. The Balaban J connectivity index is 3.06. The second-order valence-electron chi connectivity index (χ2n) is 4.80. The number of carbonyl (C=O) groups is 2. The zero-order valence-electron chi connectivity index (χ0n) is 13.1. The number of nitrogens with one attached hydrogen (secondary N) is 1. The van der Waals surface area contributed by atoms with E-state index < -0.39 is 12.0 Å². The molecule has 0 fully saturated rings. The second-order valence-corrected chi connectivity index (χ2v) is 6.02. The van der Waals surface area contributed by atoms with E-state index in [4.69, 9.17) is 10.5 Å². The van der Waals surface area contributed by atoms with Crippen molar-refractivity contribution in [2.45, 2.75) is 53.0 Å². The largest absolute Gasteiger partial charge is 0.462 e. The molecule has 0 radical (unpaired) electrons. The van der Waals surface area contributed by atoms with Crippen LogP contribution in [0.5, 0.6) is 0 Å². The van der Waals surface area contributed by atoms with Gasteiger partial charge in [0.05, 0.1) is 18.2 Å². The lowest BCUT2D eigenvalue weighted by Crippen LogP contribution is -2.35. The number of rotatable bonds is 7. The van der Waals surface area contributed by atoms with E-state index in [1.54, 1.807) is 6.92 Å². The highest BCUT2D eigenvalue weighted by Gasteiger charge is 2.24. The summed E-state index contributed by atoms with van der Waals surface area (Å²) in [5.41, 5.74) is 7.21. The number of carbonyl (C=O) groups excluding carboxylic acids is 2. The van der Waals surface area contributed by atoms with Gasteiger partial charge in [0.25, 0.3) is 0 Å². The fraction of sp³-hybridized carbons (Fsp3) is 0.600. The molecule has 1 heterocycles. The molecule has 0 aliphatic heterocycles. The normalized spacial score (nSPS) is 12.0. The lowest BCUT2D eigenvalue weighted by atomic mass is 10.1. The predicted octanol–water partition coefficient (Wildman–Crippen LogP) is 2.86. The molecule has 1 aromatic rings. The van der Waals surface area contributed by atoms with Crippen LogP contribution in [0, 0.1) is 6.92 Å². The van der Waals surface area contributed by atoms with Crippen molar-refractivity contribution in [3.63, 3.8) is 0 Å². The average molecular weight is 312 g/mol. The molecule has 1 atom stereocenters. The SMILES string of the molecule is CCC[C@@H](N)C(=O)Nc1sc(C)c(CC)c1C(=O)OCC. The lowest BCUT2D eigenvalue weighted by molar-refractivity contribution is -0.117. The van der Waals surface area contributed by atoms with Crippen LogP contribution in [-0.2, 0) is 16.0 Å². The molecule has 1 amide bonds. The van der Waals surface area contributed by atoms with Gasteiger partial charge in [-0.15, -0.1) is 11.3 Å². The maximum atomic E-state index is 12.1. The number of thiophene rings is 1. The number of ether oxygens (including phenoxy) is 1. The number of amides is 1. The molecule has 3 N–H and O–H groups in total. The van der Waals surface area contributed by atoms with Crippen LogP contribution in [0.1, 0.15) is 54.4 Å². The van der Waals surface area contributed by atoms with E-state index in [1.165, 1.54) is 11.3 Å². The smallest absolute Gasteiger partial charge is 0.341 e. The highest BCUT2D eigenvalue weighted by atomic mass is 32.1. The molecular formula is C15H24N2O3S. The fourth-order valence-corrected chi connectivity index (χ4v) is 3.29. The third-order valence-corrected chi connectivity index (χ3v) is 4.28. The molecule has 1 aromatic heterocycles. The van der Waals surface area contributed by atoms with Gasteiger partial charge >= 0.3 is 5.97 Å². The maximum absolute atomic E-state index is 12.1. The van der Waals surface area contributed by atoms with E-state index in [0.717, 1.165) is 16.9 Å². The third kappa shape index (κ3) is 4.28. The minimum absolute atomic E-state index is 0.258. The van der Waals surface area contributed by atoms with Crippen molar-refractivity contribution in [3.05, 3.63) is 16.0 Å². The van der Waals surface area contributed by atoms with Crippen LogP contribution in [0.15, 0.2) is 0 Å². The number of nitrogens with two attached hydrogens (primary N) is 1. The Bertz CT molecular complexity index is 511. The summed E-state index contributed by atoms with van der Waals surface area (Å²) in [6, 6.07) is -0.558. The van der Waals surface area contributed by atoms with Crippen molar-refractivity contribution in [1.29, 1.82) is 0 Å². The van der Waals surface area contributed by atoms with Crippen molar-refractivity contribution >= 4 is 28.2 Å². The minimum atomic E-state index is -0.558. The molecule has 0 unspecified atom stereocenters. The van der Waals surface area contributed by atoms with Crippen LogP contribution in [-0.4, -0.2) is 24.5 Å². The van der Waals surface area contributed by atoms with Crippen molar-refractivity contribution in [2.24, 2.45) is 5.73 Å². The first-order valence-electron chi connectivity index (χ1n) is 7.31. The number of hydrogen-bond acceptors (Lipinski definition) is 5. The van der Waals surface area contributed by atoms with Crippen LogP contribution in [0.25, 0.3) is 0 Å². The summed E-state index contributed by atoms with van der Waals surface area (Å²) in [6.07, 6.45) is 2.17. The van der Waals surface area contributed by atoms with Gasteiger partial charge < -0.3 is 15.8 Å². The zero-order chi connectivity index (χ0) is 16.0. The summed E-state index contributed by atoms with van der Waals surface area (Å²) in [4.78, 5) is 25.2. The Morgan fingerprint density at radius 3 is 2.52 bits per heavy atom. The Labute approximate surface area is 129 Å². The maximum Gasteiger partial charge on any atom is 0.341 e. The molecule has 118 valence electrons. The molecule has 0 spiro atoms. The van der Waals surface area contributed by atoms with E-state index in [9.17, 15) is 9.59 Å². The summed E-state index contributed by atoms with van der Waals surface area (Å²) < 4.78 is 5.10. The predicted molar refractivity (Wildman–Crippen MR) is 85.9 cm³/mol. The Morgan fingerprint density at radius 1 is 1.33 bits per heavy atom. The van der Waals surface area contributed by atoms with Crippen LogP contribution in [0.4, 0.5) is 5.00 Å². The monoisotopic (exact) mass is 312 g/mol. The molecular weight excluding hydrogens is 288 g/mol. The Hall–Kier alpha value is -1.40. The van der Waals surface area contributed by atoms with Crippen LogP contribution in [0.2, 0.25) is 0 Å². The van der Waals surface area contributed by atoms with Gasteiger partial charge in [0.2, 0.25) is 5.91 Å². The summed E-state index contributed by atoms with van der Waals surface area (Å²) in [5.74, 6) is -0.649. The third-order valence-electron chi connectivity index (χ3n) is 3.22. The van der Waals surface area contributed by atoms with Crippen molar-refractivity contribution in [3.8, 4) is 0 Å². The van der Waals surface area contributed by atoms with Crippen LogP contribution < -0.4 is 11.1 Å². The lowest BCUT2D eigenvalue weighted by Gasteiger charge is -2.11. The minimum Gasteiger partial charge on any atom is -0.462 e. The summed E-state index contributed by atoms with van der Waals surface area (Å²) in [5, 5.41) is 3.32. The van der Waals surface area contributed by atoms with Crippen LogP contribution >= 0.6 is 11.3 Å². The van der Waals surface area contributed by atoms with Crippen LogP contribution in [0.3, 0.4) is 0 Å². The molecule has 0 saturated carbocycles. The quantitative estimate of drug-likeness (QED) is 0.759. The van der Waals surface area contributed by atoms with E-state index in [1.807, 2.05) is 20.8 Å². The standard InChI is InChI=1S/C15H24N2O3S/c1-5-8-11(16)13(18)17-14-12(15(19)20-7-3)10(6-2)9(4)21-14/h11H,5-8,16H2,1-4H3,(H,17,18)/t11-/m1/s1. The average Bonchev–Trinajstić information content (AvgIpc) is 2.74. The van der Waals surface area contributed by atoms with E-state index in [-0.39, 0.29) is 5.91 Å². The van der Waals surface area contributed by atoms with Gasteiger partial charge in [0, 0.05) is 4.88 Å². The molecule has 0 saturated heterocycles. The first-order valence-corrected chi connectivity index (χ1v) is 8.13. The number of anilines is 1. The van der Waals surface area contributed by atoms with E-state index in [0.29, 0.717) is 30.0 Å². The fourth-order valence-electron chi connectivity index (χ4n) is 2.16.